The van der Waals surface area contributed by atoms with Crippen molar-refractivity contribution in [3.8, 4) is 0 Å². The van der Waals surface area contributed by atoms with Gasteiger partial charge in [0.1, 0.15) is 7.05 Å². The molecule has 3 rings (SSSR count). The Labute approximate surface area is 110 Å². The van der Waals surface area contributed by atoms with Crippen LogP contribution in [0.4, 0.5) is 0 Å². The molecule has 1 saturated heterocycles. The number of hydrogen-bond acceptors (Lipinski definition) is 3. The second kappa shape index (κ2) is 4.15. The Morgan fingerprint density at radius 2 is 2.21 bits per heavy atom. The first-order chi connectivity index (χ1) is 9.08. The predicted octanol–water partition coefficient (Wildman–Crippen LogP) is 0.147. The number of para-hydroxylation sites is 1. The topological polar surface area (TPSA) is 67.9 Å². The highest BCUT2D eigenvalue weighted by Gasteiger charge is 2.35. The molecule has 0 saturated carbocycles. The molecular formula is C13H15N4O2+. The molecule has 1 atom stereocenters. The minimum Gasteiger partial charge on any atom is -0.293 e. The molecule has 6 nitrogen and oxygen atoms in total. The van der Waals surface area contributed by atoms with Crippen LogP contribution in [0.25, 0.3) is 11.0 Å². The van der Waals surface area contributed by atoms with Crippen molar-refractivity contribution >= 4 is 22.8 Å². The lowest BCUT2D eigenvalue weighted by atomic mass is 10.1. The molecule has 1 N–H and O–H groups in total. The Hall–Kier alpha value is -2.24. The molecule has 19 heavy (non-hydrogen) atoms. The molecule has 0 radical (unpaired) electrons. The molecule has 1 aliphatic rings. The maximum absolute atomic E-state index is 11.9. The number of piperidine rings is 1. The number of fused-ring (bicyclic) bond motifs is 1. The number of carbonyl (C=O) groups is 2. The highest BCUT2D eigenvalue weighted by molar-refractivity contribution is 5.99. The van der Waals surface area contributed by atoms with Gasteiger partial charge in [-0.05, 0) is 13.0 Å². The summed E-state index contributed by atoms with van der Waals surface area (Å²) in [7, 11) is 1.86. The summed E-state index contributed by atoms with van der Waals surface area (Å²) in [5, 5.41) is 6.78. The van der Waals surface area contributed by atoms with Gasteiger partial charge in [0.2, 0.25) is 17.5 Å². The van der Waals surface area contributed by atoms with Crippen LogP contribution in [0, 0.1) is 6.92 Å². The number of benzene rings is 1. The zero-order chi connectivity index (χ0) is 13.6. The van der Waals surface area contributed by atoms with Crippen LogP contribution < -0.4 is 10.00 Å². The van der Waals surface area contributed by atoms with Gasteiger partial charge < -0.3 is 0 Å². The maximum Gasteiger partial charge on any atom is 0.274 e. The van der Waals surface area contributed by atoms with Crippen molar-refractivity contribution in [2.24, 2.45) is 7.05 Å². The van der Waals surface area contributed by atoms with Crippen LogP contribution >= 0.6 is 0 Å². The predicted molar refractivity (Wildman–Crippen MR) is 67.1 cm³/mol. The largest absolute Gasteiger partial charge is 0.293 e. The first kappa shape index (κ1) is 11.8. The molecule has 98 valence electrons. The van der Waals surface area contributed by atoms with Gasteiger partial charge in [0, 0.05) is 18.4 Å². The summed E-state index contributed by atoms with van der Waals surface area (Å²) in [5.74, 6) is -0.485. The average Bonchev–Trinajstić information content (AvgIpc) is 2.68. The fourth-order valence-corrected chi connectivity index (χ4v) is 2.63. The van der Waals surface area contributed by atoms with E-state index < -0.39 is 6.04 Å². The molecule has 1 aromatic carbocycles. The van der Waals surface area contributed by atoms with Crippen LogP contribution in [-0.2, 0) is 16.6 Å². The van der Waals surface area contributed by atoms with Crippen LogP contribution in [0.1, 0.15) is 24.4 Å². The van der Waals surface area contributed by atoms with E-state index >= 15 is 0 Å². The third kappa shape index (κ3) is 1.80. The van der Waals surface area contributed by atoms with Gasteiger partial charge in [0.15, 0.2) is 5.52 Å². The number of hydrogen-bond donors (Lipinski definition) is 1. The molecule has 2 amide bonds. The Balaban J connectivity index is 2.13. The van der Waals surface area contributed by atoms with Crippen molar-refractivity contribution < 1.29 is 14.3 Å². The molecule has 6 heteroatoms. The zero-order valence-corrected chi connectivity index (χ0v) is 10.9. The molecule has 1 fully saturated rings. The standard InChI is InChI=1S/C13H14N4O2/c1-8-4-3-5-9-12(8)16(2)15-17(9)10-6-7-11(18)14-13(10)19/h3-5,10H,6-7H2,1-2H3/p+1. The second-order valence-corrected chi connectivity index (χ2v) is 4.87. The number of nitrogens with one attached hydrogen (secondary N) is 1. The Bertz CT molecular complexity index is 689. The minimum absolute atomic E-state index is 0.210. The molecule has 2 heterocycles. The van der Waals surface area contributed by atoms with Gasteiger partial charge in [0.25, 0.3) is 5.91 Å². The number of nitrogens with zero attached hydrogens (tertiary/aromatic N) is 3. The lowest BCUT2D eigenvalue weighted by molar-refractivity contribution is -0.709. The van der Waals surface area contributed by atoms with Crippen LogP contribution in [0.2, 0.25) is 0 Å². The number of amides is 2. The first-order valence-electron chi connectivity index (χ1n) is 6.26. The molecule has 0 spiro atoms. The number of carbonyl (C=O) groups excluding carboxylic acids is 2. The van der Waals surface area contributed by atoms with E-state index in [1.807, 2.05) is 32.2 Å². The SMILES string of the molecule is Cc1cccc2c1[n+](C)nn2C1CCC(=O)NC1=O. The molecule has 1 unspecified atom stereocenters. The van der Waals surface area contributed by atoms with Gasteiger partial charge in [0.05, 0.1) is 5.21 Å². The van der Waals surface area contributed by atoms with E-state index in [4.69, 9.17) is 0 Å². The van der Waals surface area contributed by atoms with Gasteiger partial charge in [-0.15, -0.1) is 9.36 Å². The molecule has 1 aliphatic heterocycles. The van der Waals surface area contributed by atoms with E-state index in [2.05, 4.69) is 10.5 Å². The number of aromatic nitrogens is 3. The van der Waals surface area contributed by atoms with Crippen LogP contribution in [0.15, 0.2) is 18.2 Å². The van der Waals surface area contributed by atoms with Crippen molar-refractivity contribution in [2.45, 2.75) is 25.8 Å². The van der Waals surface area contributed by atoms with Gasteiger partial charge >= 0.3 is 0 Å². The first-order valence-corrected chi connectivity index (χ1v) is 6.26. The van der Waals surface area contributed by atoms with Gasteiger partial charge in [-0.1, -0.05) is 12.1 Å². The fourth-order valence-electron chi connectivity index (χ4n) is 2.63. The third-order valence-electron chi connectivity index (χ3n) is 3.52. The fraction of sp³-hybridized carbons (Fsp3) is 0.385. The van der Waals surface area contributed by atoms with E-state index in [1.165, 1.54) is 0 Å². The number of aryl methyl sites for hydroxylation is 2. The van der Waals surface area contributed by atoms with E-state index in [-0.39, 0.29) is 11.8 Å². The summed E-state index contributed by atoms with van der Waals surface area (Å²) in [6.07, 6.45) is 0.850. The minimum atomic E-state index is -0.414. The van der Waals surface area contributed by atoms with E-state index in [9.17, 15) is 9.59 Å². The lowest BCUT2D eigenvalue weighted by Crippen LogP contribution is -2.43. The quantitative estimate of drug-likeness (QED) is 0.585. The van der Waals surface area contributed by atoms with Gasteiger partial charge in [-0.25, -0.2) is 0 Å². The highest BCUT2D eigenvalue weighted by Crippen LogP contribution is 2.22. The van der Waals surface area contributed by atoms with Crippen LogP contribution in [-0.4, -0.2) is 21.7 Å². The normalized spacial score (nSPS) is 19.8. The van der Waals surface area contributed by atoms with Crippen LogP contribution in [0.5, 0.6) is 0 Å². The van der Waals surface area contributed by atoms with Crippen molar-refractivity contribution in [2.75, 3.05) is 0 Å². The second-order valence-electron chi connectivity index (χ2n) is 4.87. The smallest absolute Gasteiger partial charge is 0.274 e. The number of rotatable bonds is 1. The molecular weight excluding hydrogens is 244 g/mol. The Morgan fingerprint density at radius 3 is 2.95 bits per heavy atom. The van der Waals surface area contributed by atoms with Crippen LogP contribution in [0.3, 0.4) is 0 Å². The molecule has 0 bridgehead atoms. The van der Waals surface area contributed by atoms with Crippen molar-refractivity contribution in [3.63, 3.8) is 0 Å². The third-order valence-corrected chi connectivity index (χ3v) is 3.52. The van der Waals surface area contributed by atoms with Crippen molar-refractivity contribution in [1.29, 1.82) is 0 Å². The molecule has 1 aromatic heterocycles. The van der Waals surface area contributed by atoms with E-state index in [0.29, 0.717) is 12.8 Å². The average molecular weight is 259 g/mol. The molecule has 0 aliphatic carbocycles. The van der Waals surface area contributed by atoms with Gasteiger partial charge in [-0.2, -0.15) is 0 Å². The van der Waals surface area contributed by atoms with Crippen molar-refractivity contribution in [3.05, 3.63) is 23.8 Å². The summed E-state index contributed by atoms with van der Waals surface area (Å²) in [6.45, 7) is 2.01. The van der Waals surface area contributed by atoms with Gasteiger partial charge in [-0.3, -0.25) is 14.9 Å². The summed E-state index contributed by atoms with van der Waals surface area (Å²) in [5.41, 5.74) is 3.03. The Kier molecular flexibility index (Phi) is 2.58. The Morgan fingerprint density at radius 1 is 1.42 bits per heavy atom. The number of imide groups is 1. The lowest BCUT2D eigenvalue weighted by Gasteiger charge is -2.16. The van der Waals surface area contributed by atoms with E-state index in [1.54, 1.807) is 9.36 Å². The highest BCUT2D eigenvalue weighted by atomic mass is 16.2. The maximum atomic E-state index is 11.9. The summed E-state index contributed by atoms with van der Waals surface area (Å²) < 4.78 is 3.48. The van der Waals surface area contributed by atoms with Crippen molar-refractivity contribution in [1.82, 2.24) is 15.2 Å². The monoisotopic (exact) mass is 259 g/mol. The zero-order valence-electron chi connectivity index (χ0n) is 10.9. The summed E-state index contributed by atoms with van der Waals surface area (Å²) in [6, 6.07) is 5.49. The summed E-state index contributed by atoms with van der Waals surface area (Å²) in [4.78, 5) is 23.1. The van der Waals surface area contributed by atoms with E-state index in [0.717, 1.165) is 16.6 Å². The molecule has 2 aromatic rings. The summed E-state index contributed by atoms with van der Waals surface area (Å²) >= 11 is 0.